The van der Waals surface area contributed by atoms with Crippen molar-refractivity contribution < 1.29 is 19.8 Å². The fourth-order valence-electron chi connectivity index (χ4n) is 0.760. The van der Waals surface area contributed by atoms with E-state index in [0.717, 1.165) is 0 Å². The second-order valence-electron chi connectivity index (χ2n) is 2.30. The van der Waals surface area contributed by atoms with Crippen molar-refractivity contribution in [3.05, 3.63) is 0 Å². The molecule has 0 rings (SSSR count). The molecule has 11 heavy (non-hydrogen) atoms. The van der Waals surface area contributed by atoms with Crippen molar-refractivity contribution in [3.63, 3.8) is 0 Å². The Balaban J connectivity index is 4.59. The SMILES string of the molecule is CCC(=O)C(O)(CC)C(=O)O. The van der Waals surface area contributed by atoms with Gasteiger partial charge in [0.2, 0.25) is 5.60 Å². The molecule has 0 saturated carbocycles. The van der Waals surface area contributed by atoms with E-state index in [9.17, 15) is 14.7 Å². The van der Waals surface area contributed by atoms with Crippen LogP contribution in [-0.4, -0.2) is 27.6 Å². The maximum absolute atomic E-state index is 10.9. The van der Waals surface area contributed by atoms with Gasteiger partial charge < -0.3 is 10.2 Å². The number of aliphatic hydroxyl groups is 1. The quantitative estimate of drug-likeness (QED) is 0.576. The highest BCUT2D eigenvalue weighted by atomic mass is 16.4. The molecule has 0 aliphatic rings. The number of Topliss-reactive ketones (excluding diaryl/α,β-unsaturated/α-hetero) is 1. The maximum atomic E-state index is 10.9. The standard InChI is InChI=1S/C7H12O4/c1-3-5(8)7(11,4-2)6(9)10/h11H,3-4H2,1-2H3,(H,9,10). The highest BCUT2D eigenvalue weighted by Crippen LogP contribution is 2.13. The summed E-state index contributed by atoms with van der Waals surface area (Å²) in [7, 11) is 0. The Bertz CT molecular complexity index is 175. The number of carbonyl (C=O) groups is 2. The van der Waals surface area contributed by atoms with E-state index in [4.69, 9.17) is 5.11 Å². The summed E-state index contributed by atoms with van der Waals surface area (Å²) in [6, 6.07) is 0. The van der Waals surface area contributed by atoms with Gasteiger partial charge in [-0.3, -0.25) is 4.79 Å². The molecule has 0 saturated heterocycles. The van der Waals surface area contributed by atoms with Crippen molar-refractivity contribution in [1.29, 1.82) is 0 Å². The lowest BCUT2D eigenvalue weighted by atomic mass is 9.94. The molecule has 4 heteroatoms. The minimum atomic E-state index is -2.17. The van der Waals surface area contributed by atoms with E-state index in [1.54, 1.807) is 0 Å². The fourth-order valence-corrected chi connectivity index (χ4v) is 0.760. The molecule has 0 spiro atoms. The van der Waals surface area contributed by atoms with E-state index in [1.165, 1.54) is 13.8 Å². The molecule has 0 aliphatic heterocycles. The largest absolute Gasteiger partial charge is 0.479 e. The van der Waals surface area contributed by atoms with E-state index < -0.39 is 17.4 Å². The summed E-state index contributed by atoms with van der Waals surface area (Å²) in [5.41, 5.74) is -2.17. The van der Waals surface area contributed by atoms with Crippen LogP contribution < -0.4 is 0 Å². The summed E-state index contributed by atoms with van der Waals surface area (Å²) in [4.78, 5) is 21.3. The van der Waals surface area contributed by atoms with Crippen LogP contribution in [0.25, 0.3) is 0 Å². The number of hydrogen-bond acceptors (Lipinski definition) is 3. The molecule has 0 radical (unpaired) electrons. The second-order valence-corrected chi connectivity index (χ2v) is 2.30. The first-order valence-corrected chi connectivity index (χ1v) is 3.48. The third-order valence-corrected chi connectivity index (χ3v) is 1.65. The van der Waals surface area contributed by atoms with Gasteiger partial charge in [0.1, 0.15) is 0 Å². The Hall–Kier alpha value is -0.900. The molecule has 4 nitrogen and oxygen atoms in total. The number of aliphatic carboxylic acids is 1. The number of rotatable bonds is 4. The van der Waals surface area contributed by atoms with Crippen LogP contribution in [-0.2, 0) is 9.59 Å². The normalized spacial score (nSPS) is 15.5. The van der Waals surface area contributed by atoms with Crippen LogP contribution in [0.4, 0.5) is 0 Å². The van der Waals surface area contributed by atoms with Crippen molar-refractivity contribution in [3.8, 4) is 0 Å². The van der Waals surface area contributed by atoms with E-state index in [2.05, 4.69) is 0 Å². The predicted octanol–water partition coefficient (Wildman–Crippen LogP) is 0.191. The molecular weight excluding hydrogens is 148 g/mol. The number of carbonyl (C=O) groups excluding carboxylic acids is 1. The molecular formula is C7H12O4. The average molecular weight is 160 g/mol. The molecule has 0 aromatic carbocycles. The Morgan fingerprint density at radius 3 is 1.91 bits per heavy atom. The van der Waals surface area contributed by atoms with Gasteiger partial charge in [-0.05, 0) is 6.42 Å². The van der Waals surface area contributed by atoms with Gasteiger partial charge >= 0.3 is 5.97 Å². The zero-order valence-corrected chi connectivity index (χ0v) is 6.63. The molecule has 0 heterocycles. The van der Waals surface area contributed by atoms with Gasteiger partial charge in [0, 0.05) is 6.42 Å². The van der Waals surface area contributed by atoms with E-state index in [0.29, 0.717) is 0 Å². The smallest absolute Gasteiger partial charge is 0.343 e. The van der Waals surface area contributed by atoms with Gasteiger partial charge in [0.25, 0.3) is 0 Å². The fraction of sp³-hybridized carbons (Fsp3) is 0.714. The summed E-state index contributed by atoms with van der Waals surface area (Å²) in [5.74, 6) is -2.11. The van der Waals surface area contributed by atoms with Gasteiger partial charge in [-0.25, -0.2) is 4.79 Å². The lowest BCUT2D eigenvalue weighted by Crippen LogP contribution is -2.45. The summed E-state index contributed by atoms with van der Waals surface area (Å²) < 4.78 is 0. The second kappa shape index (κ2) is 3.48. The molecule has 0 aromatic rings. The van der Waals surface area contributed by atoms with Crippen LogP contribution in [0.5, 0.6) is 0 Å². The third-order valence-electron chi connectivity index (χ3n) is 1.65. The monoisotopic (exact) mass is 160 g/mol. The van der Waals surface area contributed by atoms with Crippen LogP contribution in [0.1, 0.15) is 26.7 Å². The third kappa shape index (κ3) is 1.77. The lowest BCUT2D eigenvalue weighted by molar-refractivity contribution is -0.165. The van der Waals surface area contributed by atoms with Gasteiger partial charge in [-0.15, -0.1) is 0 Å². The first-order chi connectivity index (χ1) is 4.99. The summed E-state index contributed by atoms with van der Waals surface area (Å²) in [5, 5.41) is 17.7. The van der Waals surface area contributed by atoms with Crippen LogP contribution in [0.15, 0.2) is 0 Å². The maximum Gasteiger partial charge on any atom is 0.343 e. The zero-order chi connectivity index (χ0) is 9.07. The van der Waals surface area contributed by atoms with Gasteiger partial charge in [0.15, 0.2) is 5.78 Å². The van der Waals surface area contributed by atoms with Gasteiger partial charge in [-0.2, -0.15) is 0 Å². The molecule has 0 amide bonds. The van der Waals surface area contributed by atoms with Crippen LogP contribution in [0.2, 0.25) is 0 Å². The molecule has 0 fully saturated rings. The van der Waals surface area contributed by atoms with Crippen molar-refractivity contribution in [2.45, 2.75) is 32.3 Å². The zero-order valence-electron chi connectivity index (χ0n) is 6.63. The number of ketones is 1. The Kier molecular flexibility index (Phi) is 3.19. The van der Waals surface area contributed by atoms with E-state index in [1.807, 2.05) is 0 Å². The van der Waals surface area contributed by atoms with Gasteiger partial charge in [0.05, 0.1) is 0 Å². The highest BCUT2D eigenvalue weighted by Gasteiger charge is 2.40. The first kappa shape index (κ1) is 10.1. The van der Waals surface area contributed by atoms with E-state index in [-0.39, 0.29) is 12.8 Å². The van der Waals surface area contributed by atoms with Crippen molar-refractivity contribution >= 4 is 11.8 Å². The predicted molar refractivity (Wildman–Crippen MR) is 38.2 cm³/mol. The molecule has 64 valence electrons. The van der Waals surface area contributed by atoms with Crippen molar-refractivity contribution in [2.24, 2.45) is 0 Å². The molecule has 0 bridgehead atoms. The molecule has 1 atom stereocenters. The highest BCUT2D eigenvalue weighted by molar-refractivity contribution is 6.05. The summed E-state index contributed by atoms with van der Waals surface area (Å²) in [6.07, 6.45) is -0.0500. The van der Waals surface area contributed by atoms with Crippen molar-refractivity contribution in [2.75, 3.05) is 0 Å². The molecule has 0 aromatic heterocycles. The minimum Gasteiger partial charge on any atom is -0.479 e. The number of carboxylic acids is 1. The topological polar surface area (TPSA) is 74.6 Å². The number of carboxylic acid groups (broad SMARTS) is 1. The Morgan fingerprint density at radius 1 is 1.36 bits per heavy atom. The van der Waals surface area contributed by atoms with Gasteiger partial charge in [-0.1, -0.05) is 13.8 Å². The molecule has 2 N–H and O–H groups in total. The average Bonchev–Trinajstić information content (AvgIpc) is 2.01. The summed E-state index contributed by atoms with van der Waals surface area (Å²) in [6.45, 7) is 2.98. The molecule has 1 unspecified atom stereocenters. The van der Waals surface area contributed by atoms with Crippen LogP contribution in [0, 0.1) is 0 Å². The molecule has 0 aliphatic carbocycles. The first-order valence-electron chi connectivity index (χ1n) is 3.48. The van der Waals surface area contributed by atoms with Crippen molar-refractivity contribution in [1.82, 2.24) is 0 Å². The minimum absolute atomic E-state index is 0.0383. The Labute approximate surface area is 64.8 Å². The summed E-state index contributed by atoms with van der Waals surface area (Å²) >= 11 is 0. The Morgan fingerprint density at radius 2 is 1.82 bits per heavy atom. The lowest BCUT2D eigenvalue weighted by Gasteiger charge is -2.18. The van der Waals surface area contributed by atoms with Crippen LogP contribution in [0.3, 0.4) is 0 Å². The number of hydrogen-bond donors (Lipinski definition) is 2. The van der Waals surface area contributed by atoms with E-state index >= 15 is 0 Å². The van der Waals surface area contributed by atoms with Crippen LogP contribution >= 0.6 is 0 Å².